The monoisotopic (exact) mass is 267 g/mol. The molecule has 2 N–H and O–H groups in total. The Morgan fingerprint density at radius 2 is 2.00 bits per heavy atom. The fraction of sp³-hybridized carbons (Fsp3) is 0.500. The first-order valence-corrected chi connectivity index (χ1v) is 7.14. The van der Waals surface area contributed by atoms with E-state index in [-0.39, 0.29) is 23.8 Å². The molecule has 0 bridgehead atoms. The predicted molar refractivity (Wildman–Crippen MR) is 75.7 cm³/mol. The SMILES string of the molecule is CC(CCCO)NC(=O)C(C)Sc1ccccc1. The molecule has 4 heteroatoms. The molecule has 0 saturated heterocycles. The molecule has 0 fully saturated rings. The van der Waals surface area contributed by atoms with Crippen molar-refractivity contribution in [1.82, 2.24) is 5.32 Å². The molecule has 1 aromatic carbocycles. The zero-order chi connectivity index (χ0) is 13.4. The molecule has 0 heterocycles. The normalized spacial score (nSPS) is 13.9. The van der Waals surface area contributed by atoms with E-state index in [1.807, 2.05) is 44.2 Å². The molecule has 1 rings (SSSR count). The maximum atomic E-state index is 11.9. The molecule has 2 unspecified atom stereocenters. The topological polar surface area (TPSA) is 49.3 Å². The van der Waals surface area contributed by atoms with Gasteiger partial charge in [0.05, 0.1) is 5.25 Å². The van der Waals surface area contributed by atoms with Gasteiger partial charge in [0.2, 0.25) is 5.91 Å². The van der Waals surface area contributed by atoms with Gasteiger partial charge in [0.25, 0.3) is 0 Å². The molecule has 18 heavy (non-hydrogen) atoms. The lowest BCUT2D eigenvalue weighted by Gasteiger charge is -2.17. The summed E-state index contributed by atoms with van der Waals surface area (Å²) in [6.45, 7) is 4.05. The number of nitrogens with one attached hydrogen (secondary N) is 1. The predicted octanol–water partition coefficient (Wildman–Crippen LogP) is 2.44. The summed E-state index contributed by atoms with van der Waals surface area (Å²) in [5.41, 5.74) is 0. The molecular weight excluding hydrogens is 246 g/mol. The molecule has 0 aliphatic carbocycles. The van der Waals surface area contributed by atoms with Gasteiger partial charge in [0, 0.05) is 17.5 Å². The van der Waals surface area contributed by atoms with Crippen molar-refractivity contribution in [1.29, 1.82) is 0 Å². The number of amides is 1. The van der Waals surface area contributed by atoms with Crippen molar-refractivity contribution in [2.45, 2.75) is 42.9 Å². The second kappa shape index (κ2) is 8.16. The summed E-state index contributed by atoms with van der Waals surface area (Å²) in [6, 6.07) is 10.0. The number of rotatable bonds is 7. The largest absolute Gasteiger partial charge is 0.396 e. The average Bonchev–Trinajstić information content (AvgIpc) is 2.37. The second-order valence-corrected chi connectivity index (χ2v) is 5.76. The summed E-state index contributed by atoms with van der Waals surface area (Å²) in [6.07, 6.45) is 1.53. The minimum Gasteiger partial charge on any atom is -0.396 e. The average molecular weight is 267 g/mol. The van der Waals surface area contributed by atoms with Crippen molar-refractivity contribution in [2.75, 3.05) is 6.61 Å². The molecule has 3 nitrogen and oxygen atoms in total. The van der Waals surface area contributed by atoms with E-state index in [9.17, 15) is 4.79 Å². The summed E-state index contributed by atoms with van der Waals surface area (Å²) >= 11 is 1.56. The van der Waals surface area contributed by atoms with Crippen LogP contribution in [-0.4, -0.2) is 28.9 Å². The summed E-state index contributed by atoms with van der Waals surface area (Å²) in [7, 11) is 0. The van der Waals surface area contributed by atoms with Crippen LogP contribution < -0.4 is 5.32 Å². The molecule has 0 aromatic heterocycles. The number of aliphatic hydroxyl groups is 1. The molecular formula is C14H21NO2S. The van der Waals surface area contributed by atoms with Gasteiger partial charge in [0.15, 0.2) is 0 Å². The van der Waals surface area contributed by atoms with Crippen LogP contribution in [0.1, 0.15) is 26.7 Å². The maximum absolute atomic E-state index is 11.9. The van der Waals surface area contributed by atoms with Gasteiger partial charge >= 0.3 is 0 Å². The molecule has 0 saturated carbocycles. The first-order valence-electron chi connectivity index (χ1n) is 6.26. The van der Waals surface area contributed by atoms with Crippen LogP contribution >= 0.6 is 11.8 Å². The highest BCUT2D eigenvalue weighted by molar-refractivity contribution is 8.00. The van der Waals surface area contributed by atoms with Gasteiger partial charge in [-0.1, -0.05) is 18.2 Å². The van der Waals surface area contributed by atoms with Gasteiger partial charge in [-0.2, -0.15) is 0 Å². The smallest absolute Gasteiger partial charge is 0.233 e. The lowest BCUT2D eigenvalue weighted by Crippen LogP contribution is -2.37. The van der Waals surface area contributed by atoms with E-state index in [1.54, 1.807) is 11.8 Å². The highest BCUT2D eigenvalue weighted by atomic mass is 32.2. The van der Waals surface area contributed by atoms with Gasteiger partial charge in [-0.3, -0.25) is 4.79 Å². The van der Waals surface area contributed by atoms with E-state index in [0.717, 1.165) is 17.7 Å². The minimum absolute atomic E-state index is 0.0503. The zero-order valence-electron chi connectivity index (χ0n) is 10.9. The van der Waals surface area contributed by atoms with Gasteiger partial charge < -0.3 is 10.4 Å². The molecule has 100 valence electrons. The number of benzene rings is 1. The van der Waals surface area contributed by atoms with Gasteiger partial charge in [-0.25, -0.2) is 0 Å². The van der Waals surface area contributed by atoms with Crippen molar-refractivity contribution in [3.05, 3.63) is 30.3 Å². The quantitative estimate of drug-likeness (QED) is 0.746. The third-order valence-corrected chi connectivity index (χ3v) is 3.72. The van der Waals surface area contributed by atoms with E-state index in [4.69, 9.17) is 5.11 Å². The Hall–Kier alpha value is -1.00. The van der Waals surface area contributed by atoms with Crippen LogP contribution in [0.5, 0.6) is 0 Å². The first kappa shape index (κ1) is 15.1. The van der Waals surface area contributed by atoms with Crippen molar-refractivity contribution >= 4 is 17.7 Å². The van der Waals surface area contributed by atoms with E-state index in [0.29, 0.717) is 0 Å². The van der Waals surface area contributed by atoms with Crippen LogP contribution in [0.3, 0.4) is 0 Å². The number of hydrogen-bond donors (Lipinski definition) is 2. The van der Waals surface area contributed by atoms with Crippen LogP contribution in [0.15, 0.2) is 35.2 Å². The Morgan fingerprint density at radius 3 is 2.61 bits per heavy atom. The molecule has 0 radical (unpaired) electrons. The lowest BCUT2D eigenvalue weighted by molar-refractivity contribution is -0.120. The maximum Gasteiger partial charge on any atom is 0.233 e. The minimum atomic E-state index is -0.107. The van der Waals surface area contributed by atoms with Crippen molar-refractivity contribution in [2.24, 2.45) is 0 Å². The summed E-state index contributed by atoms with van der Waals surface area (Å²) in [4.78, 5) is 13.0. The van der Waals surface area contributed by atoms with Gasteiger partial charge in [0.1, 0.15) is 0 Å². The van der Waals surface area contributed by atoms with Crippen LogP contribution in [0.25, 0.3) is 0 Å². The molecule has 2 atom stereocenters. The first-order chi connectivity index (χ1) is 8.63. The van der Waals surface area contributed by atoms with Crippen molar-refractivity contribution < 1.29 is 9.90 Å². The summed E-state index contributed by atoms with van der Waals surface area (Å²) < 4.78 is 0. The number of carbonyl (C=O) groups excluding carboxylic acids is 1. The molecule has 1 aromatic rings. The van der Waals surface area contributed by atoms with E-state index >= 15 is 0 Å². The Kier molecular flexibility index (Phi) is 6.83. The van der Waals surface area contributed by atoms with Crippen molar-refractivity contribution in [3.8, 4) is 0 Å². The fourth-order valence-corrected chi connectivity index (χ4v) is 2.48. The Balaban J connectivity index is 2.37. The van der Waals surface area contributed by atoms with E-state index < -0.39 is 0 Å². The Bertz CT molecular complexity index is 356. The van der Waals surface area contributed by atoms with Crippen LogP contribution in [0.4, 0.5) is 0 Å². The highest BCUT2D eigenvalue weighted by Gasteiger charge is 2.16. The second-order valence-electron chi connectivity index (χ2n) is 4.35. The summed E-state index contributed by atoms with van der Waals surface area (Å²) in [5.74, 6) is 0.0503. The third-order valence-electron chi connectivity index (χ3n) is 2.61. The lowest BCUT2D eigenvalue weighted by atomic mass is 10.2. The van der Waals surface area contributed by atoms with E-state index in [1.165, 1.54) is 0 Å². The third kappa shape index (κ3) is 5.56. The highest BCUT2D eigenvalue weighted by Crippen LogP contribution is 2.22. The van der Waals surface area contributed by atoms with Crippen molar-refractivity contribution in [3.63, 3.8) is 0 Å². The standard InChI is InChI=1S/C14H21NO2S/c1-11(7-6-10-16)15-14(17)12(2)18-13-8-4-3-5-9-13/h3-5,8-9,11-12,16H,6-7,10H2,1-2H3,(H,15,17). The van der Waals surface area contributed by atoms with Gasteiger partial charge in [-0.15, -0.1) is 11.8 Å². The van der Waals surface area contributed by atoms with Gasteiger partial charge in [-0.05, 0) is 38.8 Å². The van der Waals surface area contributed by atoms with Crippen LogP contribution in [0, 0.1) is 0 Å². The molecule has 0 spiro atoms. The van der Waals surface area contributed by atoms with E-state index in [2.05, 4.69) is 5.32 Å². The van der Waals surface area contributed by atoms with Crippen LogP contribution in [-0.2, 0) is 4.79 Å². The number of carbonyl (C=O) groups is 1. The zero-order valence-corrected chi connectivity index (χ0v) is 11.7. The number of hydrogen-bond acceptors (Lipinski definition) is 3. The molecule has 0 aliphatic rings. The van der Waals surface area contributed by atoms with Crippen LogP contribution in [0.2, 0.25) is 0 Å². The number of aliphatic hydroxyl groups excluding tert-OH is 1. The fourth-order valence-electron chi connectivity index (χ4n) is 1.59. The molecule has 1 amide bonds. The molecule has 0 aliphatic heterocycles. The Labute approximate surface area is 113 Å². The number of thioether (sulfide) groups is 1. The summed E-state index contributed by atoms with van der Waals surface area (Å²) in [5, 5.41) is 11.6. The Morgan fingerprint density at radius 1 is 1.33 bits per heavy atom.